The predicted molar refractivity (Wildman–Crippen MR) is 51.0 cm³/mol. The fraction of sp³-hybridized carbons (Fsp3) is 1.00. The summed E-state index contributed by atoms with van der Waals surface area (Å²) in [6.07, 6.45) is 1.70. The molecule has 0 bridgehead atoms. The number of aliphatic hydroxyl groups excluding tert-OH is 2. The van der Waals surface area contributed by atoms with E-state index in [-0.39, 0.29) is 24.0 Å². The zero-order valence-corrected chi connectivity index (χ0v) is 8.72. The maximum atomic E-state index is 9.18. The first kappa shape index (κ1) is 11.9. The van der Waals surface area contributed by atoms with Gasteiger partial charge >= 0.3 is 0 Å². The first-order valence-electron chi connectivity index (χ1n) is 4.61. The van der Waals surface area contributed by atoms with Crippen LogP contribution in [0.5, 0.6) is 0 Å². The number of rotatable bonds is 4. The van der Waals surface area contributed by atoms with Crippen molar-refractivity contribution in [3.63, 3.8) is 0 Å². The van der Waals surface area contributed by atoms with E-state index in [1.165, 1.54) is 0 Å². The Morgan fingerprint density at radius 2 is 1.42 bits per heavy atom. The summed E-state index contributed by atoms with van der Waals surface area (Å²) in [5, 5.41) is 18.4. The summed E-state index contributed by atoms with van der Waals surface area (Å²) >= 11 is 0. The maximum absolute atomic E-state index is 9.18. The van der Waals surface area contributed by atoms with Gasteiger partial charge in [-0.1, -0.05) is 27.7 Å². The summed E-state index contributed by atoms with van der Waals surface area (Å²) < 4.78 is 0. The highest BCUT2D eigenvalue weighted by molar-refractivity contribution is 4.81. The third kappa shape index (κ3) is 3.55. The topological polar surface area (TPSA) is 40.5 Å². The number of hydrogen-bond acceptors (Lipinski definition) is 2. The zero-order valence-electron chi connectivity index (χ0n) is 8.72. The highest BCUT2D eigenvalue weighted by Gasteiger charge is 2.31. The standard InChI is InChI=1S/C10H22O2/c1-5-10(7-11,8-12)6-9(2,3)4/h11-12H,5-8H2,1-4H3. The smallest absolute Gasteiger partial charge is 0.0509 e. The second kappa shape index (κ2) is 4.24. The van der Waals surface area contributed by atoms with Gasteiger partial charge in [0, 0.05) is 5.41 Å². The molecule has 0 aromatic rings. The first-order chi connectivity index (χ1) is 5.39. The highest BCUT2D eigenvalue weighted by atomic mass is 16.3. The average Bonchev–Trinajstić information content (AvgIpc) is 1.99. The molecule has 0 aromatic carbocycles. The van der Waals surface area contributed by atoms with Gasteiger partial charge in [0.05, 0.1) is 13.2 Å². The normalized spacial score (nSPS) is 13.5. The monoisotopic (exact) mass is 174 g/mol. The lowest BCUT2D eigenvalue weighted by Gasteiger charge is -2.35. The molecule has 0 rings (SSSR count). The Labute approximate surface area is 75.6 Å². The minimum atomic E-state index is -0.280. The summed E-state index contributed by atoms with van der Waals surface area (Å²) in [7, 11) is 0. The molecule has 0 atom stereocenters. The van der Waals surface area contributed by atoms with Gasteiger partial charge in [0.2, 0.25) is 0 Å². The predicted octanol–water partition coefficient (Wildman–Crippen LogP) is 1.80. The van der Waals surface area contributed by atoms with Gasteiger partial charge in [0.15, 0.2) is 0 Å². The molecule has 0 saturated carbocycles. The van der Waals surface area contributed by atoms with Gasteiger partial charge in [0.1, 0.15) is 0 Å². The van der Waals surface area contributed by atoms with E-state index in [4.69, 9.17) is 0 Å². The van der Waals surface area contributed by atoms with Crippen LogP contribution in [0.2, 0.25) is 0 Å². The van der Waals surface area contributed by atoms with Gasteiger partial charge in [-0.25, -0.2) is 0 Å². The lowest BCUT2D eigenvalue weighted by atomic mass is 9.73. The van der Waals surface area contributed by atoms with Crippen molar-refractivity contribution < 1.29 is 10.2 Å². The van der Waals surface area contributed by atoms with E-state index in [0.29, 0.717) is 0 Å². The summed E-state index contributed by atoms with van der Waals surface area (Å²) in [5.74, 6) is 0. The van der Waals surface area contributed by atoms with Crippen LogP contribution in [0.1, 0.15) is 40.5 Å². The minimum Gasteiger partial charge on any atom is -0.396 e. The van der Waals surface area contributed by atoms with Crippen LogP contribution in [0, 0.1) is 10.8 Å². The van der Waals surface area contributed by atoms with E-state index in [1.54, 1.807) is 0 Å². The Kier molecular flexibility index (Phi) is 4.21. The van der Waals surface area contributed by atoms with Crippen LogP contribution in [0.4, 0.5) is 0 Å². The number of hydrogen-bond donors (Lipinski definition) is 2. The van der Waals surface area contributed by atoms with Gasteiger partial charge in [-0.15, -0.1) is 0 Å². The molecule has 74 valence electrons. The summed E-state index contributed by atoms with van der Waals surface area (Å²) in [6, 6.07) is 0. The largest absolute Gasteiger partial charge is 0.396 e. The van der Waals surface area contributed by atoms with Crippen molar-refractivity contribution in [2.24, 2.45) is 10.8 Å². The van der Waals surface area contributed by atoms with Crippen LogP contribution in [0.15, 0.2) is 0 Å². The lowest BCUT2D eigenvalue weighted by molar-refractivity contribution is 0.0173. The Bertz CT molecular complexity index is 112. The second-order valence-corrected chi connectivity index (χ2v) is 4.91. The van der Waals surface area contributed by atoms with Crippen LogP contribution >= 0.6 is 0 Å². The van der Waals surface area contributed by atoms with Crippen molar-refractivity contribution in [3.8, 4) is 0 Å². The number of aliphatic hydroxyl groups is 2. The zero-order chi connectivity index (χ0) is 9.83. The molecular formula is C10H22O2. The van der Waals surface area contributed by atoms with E-state index in [2.05, 4.69) is 20.8 Å². The summed E-state index contributed by atoms with van der Waals surface area (Å²) in [4.78, 5) is 0. The third-order valence-electron chi connectivity index (χ3n) is 2.33. The van der Waals surface area contributed by atoms with E-state index >= 15 is 0 Å². The van der Waals surface area contributed by atoms with Gasteiger partial charge in [-0.2, -0.15) is 0 Å². The Balaban J connectivity index is 4.30. The lowest BCUT2D eigenvalue weighted by Crippen LogP contribution is -2.33. The fourth-order valence-electron chi connectivity index (χ4n) is 1.64. The van der Waals surface area contributed by atoms with Crippen molar-refractivity contribution in [2.75, 3.05) is 13.2 Å². The molecule has 0 fully saturated rings. The van der Waals surface area contributed by atoms with E-state index in [9.17, 15) is 10.2 Å². The van der Waals surface area contributed by atoms with Crippen LogP contribution in [-0.2, 0) is 0 Å². The Hall–Kier alpha value is -0.0800. The quantitative estimate of drug-likeness (QED) is 0.682. The second-order valence-electron chi connectivity index (χ2n) is 4.91. The van der Waals surface area contributed by atoms with E-state index in [1.807, 2.05) is 6.92 Å². The minimum absolute atomic E-state index is 0.0806. The summed E-state index contributed by atoms with van der Waals surface area (Å²) in [6.45, 7) is 8.56. The van der Waals surface area contributed by atoms with Gasteiger partial charge < -0.3 is 10.2 Å². The molecule has 0 aliphatic heterocycles. The molecule has 0 unspecified atom stereocenters. The van der Waals surface area contributed by atoms with Crippen molar-refractivity contribution in [3.05, 3.63) is 0 Å². The molecule has 0 radical (unpaired) electrons. The molecule has 0 aliphatic carbocycles. The van der Waals surface area contributed by atoms with E-state index < -0.39 is 0 Å². The molecule has 0 aromatic heterocycles. The highest BCUT2D eigenvalue weighted by Crippen LogP contribution is 2.35. The molecule has 0 amide bonds. The maximum Gasteiger partial charge on any atom is 0.0509 e. The van der Waals surface area contributed by atoms with Crippen LogP contribution < -0.4 is 0 Å². The average molecular weight is 174 g/mol. The van der Waals surface area contributed by atoms with Crippen LogP contribution in [0.3, 0.4) is 0 Å². The molecular weight excluding hydrogens is 152 g/mol. The Morgan fingerprint density at radius 3 is 1.50 bits per heavy atom. The van der Waals surface area contributed by atoms with Gasteiger partial charge in [0.25, 0.3) is 0 Å². The first-order valence-corrected chi connectivity index (χ1v) is 4.61. The van der Waals surface area contributed by atoms with E-state index in [0.717, 1.165) is 12.8 Å². The van der Waals surface area contributed by atoms with Crippen molar-refractivity contribution in [1.29, 1.82) is 0 Å². The van der Waals surface area contributed by atoms with Crippen molar-refractivity contribution >= 4 is 0 Å². The van der Waals surface area contributed by atoms with Gasteiger partial charge in [-0.05, 0) is 18.3 Å². The molecule has 12 heavy (non-hydrogen) atoms. The molecule has 0 heterocycles. The Morgan fingerprint density at radius 1 is 1.00 bits per heavy atom. The molecule has 0 saturated heterocycles. The molecule has 0 aliphatic rings. The fourth-order valence-corrected chi connectivity index (χ4v) is 1.64. The summed E-state index contributed by atoms with van der Waals surface area (Å²) in [5.41, 5.74) is -0.111. The third-order valence-corrected chi connectivity index (χ3v) is 2.33. The van der Waals surface area contributed by atoms with Crippen molar-refractivity contribution in [2.45, 2.75) is 40.5 Å². The molecule has 0 spiro atoms. The van der Waals surface area contributed by atoms with Crippen LogP contribution in [0.25, 0.3) is 0 Å². The van der Waals surface area contributed by atoms with Crippen LogP contribution in [-0.4, -0.2) is 23.4 Å². The van der Waals surface area contributed by atoms with Gasteiger partial charge in [-0.3, -0.25) is 0 Å². The molecule has 2 heteroatoms. The molecule has 2 N–H and O–H groups in total. The molecule has 2 nitrogen and oxygen atoms in total. The SMILES string of the molecule is CCC(CO)(CO)CC(C)(C)C. The van der Waals surface area contributed by atoms with Crippen molar-refractivity contribution in [1.82, 2.24) is 0 Å².